The highest BCUT2D eigenvalue weighted by Crippen LogP contribution is 2.23. The molecule has 0 aromatic carbocycles. The Morgan fingerprint density at radius 2 is 2.21 bits per heavy atom. The number of methoxy groups -OCH3 is 1. The molecule has 2 aliphatic rings. The Hall–Kier alpha value is -1.85. The summed E-state index contributed by atoms with van der Waals surface area (Å²) in [5.41, 5.74) is 0.441. The minimum absolute atomic E-state index is 0.00813. The fraction of sp³-hybridized carbons (Fsp3) is 0.615. The van der Waals surface area contributed by atoms with Crippen molar-refractivity contribution in [1.29, 1.82) is 0 Å². The van der Waals surface area contributed by atoms with Gasteiger partial charge in [0.15, 0.2) is 0 Å². The van der Waals surface area contributed by atoms with Crippen molar-refractivity contribution in [1.82, 2.24) is 9.80 Å². The predicted molar refractivity (Wildman–Crippen MR) is 67.1 cm³/mol. The SMILES string of the molecule is COC(=O)C(C)=CCN1CC(=O)N2CCCC2C1=O. The maximum absolute atomic E-state index is 12.2. The molecule has 0 aliphatic carbocycles. The summed E-state index contributed by atoms with van der Waals surface area (Å²) in [4.78, 5) is 38.5. The van der Waals surface area contributed by atoms with E-state index < -0.39 is 5.97 Å². The number of carbonyl (C=O) groups is 3. The molecule has 2 rings (SSSR count). The van der Waals surface area contributed by atoms with E-state index >= 15 is 0 Å². The molecule has 0 aromatic rings. The molecule has 19 heavy (non-hydrogen) atoms. The molecule has 104 valence electrons. The number of fused-ring (bicyclic) bond motifs is 1. The number of esters is 1. The van der Waals surface area contributed by atoms with E-state index in [2.05, 4.69) is 4.74 Å². The quantitative estimate of drug-likeness (QED) is 0.530. The van der Waals surface area contributed by atoms with Gasteiger partial charge in [-0.25, -0.2) is 4.79 Å². The second-order valence-electron chi connectivity index (χ2n) is 4.84. The van der Waals surface area contributed by atoms with Crippen LogP contribution < -0.4 is 0 Å². The lowest BCUT2D eigenvalue weighted by atomic mass is 10.1. The minimum atomic E-state index is -0.418. The molecular weight excluding hydrogens is 248 g/mol. The van der Waals surface area contributed by atoms with Gasteiger partial charge in [-0.1, -0.05) is 6.08 Å². The van der Waals surface area contributed by atoms with E-state index in [0.29, 0.717) is 12.1 Å². The van der Waals surface area contributed by atoms with Crippen LogP contribution in [0.1, 0.15) is 19.8 Å². The van der Waals surface area contributed by atoms with E-state index in [4.69, 9.17) is 0 Å². The zero-order valence-electron chi connectivity index (χ0n) is 11.2. The second-order valence-corrected chi connectivity index (χ2v) is 4.84. The van der Waals surface area contributed by atoms with E-state index in [9.17, 15) is 14.4 Å². The van der Waals surface area contributed by atoms with Crippen molar-refractivity contribution in [3.63, 3.8) is 0 Å². The maximum Gasteiger partial charge on any atom is 0.333 e. The Morgan fingerprint density at radius 3 is 2.89 bits per heavy atom. The number of ether oxygens (including phenoxy) is 1. The monoisotopic (exact) mass is 266 g/mol. The molecule has 2 aliphatic heterocycles. The molecule has 0 saturated carbocycles. The Kier molecular flexibility index (Phi) is 3.87. The number of hydrogen-bond donors (Lipinski definition) is 0. The summed E-state index contributed by atoms with van der Waals surface area (Å²) in [6.07, 6.45) is 3.25. The lowest BCUT2D eigenvalue weighted by molar-refractivity contribution is -0.152. The average molecular weight is 266 g/mol. The van der Waals surface area contributed by atoms with Gasteiger partial charge >= 0.3 is 5.97 Å². The molecule has 0 spiro atoms. The van der Waals surface area contributed by atoms with Gasteiger partial charge in [0.1, 0.15) is 12.6 Å². The van der Waals surface area contributed by atoms with Gasteiger partial charge in [0, 0.05) is 18.7 Å². The molecule has 1 unspecified atom stereocenters. The normalized spacial score (nSPS) is 23.7. The Labute approximate surface area is 112 Å². The van der Waals surface area contributed by atoms with E-state index in [1.807, 2.05) is 0 Å². The topological polar surface area (TPSA) is 66.9 Å². The average Bonchev–Trinajstić information content (AvgIpc) is 2.90. The highest BCUT2D eigenvalue weighted by Gasteiger charge is 2.41. The number of piperazine rings is 1. The molecule has 0 bridgehead atoms. The Morgan fingerprint density at radius 1 is 1.47 bits per heavy atom. The number of carbonyl (C=O) groups excluding carboxylic acids is 3. The van der Waals surface area contributed by atoms with E-state index in [0.717, 1.165) is 12.8 Å². The van der Waals surface area contributed by atoms with Crippen molar-refractivity contribution in [2.75, 3.05) is 26.7 Å². The van der Waals surface area contributed by atoms with E-state index in [1.165, 1.54) is 12.0 Å². The van der Waals surface area contributed by atoms with Crippen LogP contribution in [0.25, 0.3) is 0 Å². The first-order chi connectivity index (χ1) is 9.04. The highest BCUT2D eigenvalue weighted by molar-refractivity contribution is 5.95. The van der Waals surface area contributed by atoms with Crippen molar-refractivity contribution in [2.45, 2.75) is 25.8 Å². The summed E-state index contributed by atoms with van der Waals surface area (Å²) in [6, 6.07) is -0.298. The van der Waals surface area contributed by atoms with Crippen LogP contribution in [-0.2, 0) is 19.1 Å². The fourth-order valence-electron chi connectivity index (χ4n) is 2.51. The smallest absolute Gasteiger partial charge is 0.333 e. The standard InChI is InChI=1S/C13H18N2O4/c1-9(13(18)19-2)5-7-14-8-11(16)15-6-3-4-10(15)12(14)17/h5,10H,3-4,6-8H2,1-2H3. The van der Waals surface area contributed by atoms with Crippen LogP contribution in [0.3, 0.4) is 0 Å². The van der Waals surface area contributed by atoms with Crippen molar-refractivity contribution in [3.05, 3.63) is 11.6 Å². The van der Waals surface area contributed by atoms with Gasteiger partial charge in [-0.3, -0.25) is 9.59 Å². The lowest BCUT2D eigenvalue weighted by Crippen LogP contribution is -2.57. The third-order valence-electron chi connectivity index (χ3n) is 3.62. The zero-order chi connectivity index (χ0) is 14.0. The van der Waals surface area contributed by atoms with Crippen molar-refractivity contribution in [3.8, 4) is 0 Å². The van der Waals surface area contributed by atoms with Crippen LogP contribution in [0.15, 0.2) is 11.6 Å². The molecule has 2 heterocycles. The summed E-state index contributed by atoms with van der Waals surface area (Å²) >= 11 is 0. The van der Waals surface area contributed by atoms with Crippen LogP contribution in [-0.4, -0.2) is 60.4 Å². The van der Waals surface area contributed by atoms with Gasteiger partial charge in [0.25, 0.3) is 0 Å². The lowest BCUT2D eigenvalue weighted by Gasteiger charge is -2.35. The van der Waals surface area contributed by atoms with Crippen LogP contribution in [0.4, 0.5) is 0 Å². The minimum Gasteiger partial charge on any atom is -0.466 e. The van der Waals surface area contributed by atoms with E-state index in [1.54, 1.807) is 17.9 Å². The first-order valence-corrected chi connectivity index (χ1v) is 6.38. The van der Waals surface area contributed by atoms with Crippen LogP contribution in [0.2, 0.25) is 0 Å². The number of hydrogen-bond acceptors (Lipinski definition) is 4. The zero-order valence-corrected chi connectivity index (χ0v) is 11.2. The Bertz CT molecular complexity index is 444. The van der Waals surface area contributed by atoms with Crippen LogP contribution >= 0.6 is 0 Å². The summed E-state index contributed by atoms with van der Waals surface area (Å²) in [7, 11) is 1.31. The predicted octanol–water partition coefficient (Wildman–Crippen LogP) is -0.0611. The number of nitrogens with zero attached hydrogens (tertiary/aromatic N) is 2. The van der Waals surface area contributed by atoms with Crippen LogP contribution in [0, 0.1) is 0 Å². The maximum atomic E-state index is 12.2. The van der Waals surface area contributed by atoms with Crippen LogP contribution in [0.5, 0.6) is 0 Å². The van der Waals surface area contributed by atoms with Gasteiger partial charge in [-0.15, -0.1) is 0 Å². The summed E-state index contributed by atoms with van der Waals surface area (Å²) in [5.74, 6) is -0.449. The Balaban J connectivity index is 2.03. The summed E-state index contributed by atoms with van der Waals surface area (Å²) in [5, 5.41) is 0. The highest BCUT2D eigenvalue weighted by atomic mass is 16.5. The summed E-state index contributed by atoms with van der Waals surface area (Å²) < 4.78 is 4.58. The molecule has 2 fully saturated rings. The fourth-order valence-corrected chi connectivity index (χ4v) is 2.51. The van der Waals surface area contributed by atoms with Gasteiger partial charge in [-0.05, 0) is 19.8 Å². The molecule has 0 N–H and O–H groups in total. The summed E-state index contributed by atoms with van der Waals surface area (Å²) in [6.45, 7) is 2.68. The van der Waals surface area contributed by atoms with Gasteiger partial charge in [0.05, 0.1) is 7.11 Å². The van der Waals surface area contributed by atoms with E-state index in [-0.39, 0.29) is 30.9 Å². The first kappa shape index (κ1) is 13.6. The largest absolute Gasteiger partial charge is 0.466 e. The number of rotatable bonds is 3. The number of amides is 2. The molecule has 1 atom stereocenters. The van der Waals surface area contributed by atoms with Gasteiger partial charge in [0.2, 0.25) is 11.8 Å². The molecule has 0 radical (unpaired) electrons. The third kappa shape index (κ3) is 2.62. The van der Waals surface area contributed by atoms with Gasteiger partial charge in [-0.2, -0.15) is 0 Å². The molecule has 6 nitrogen and oxygen atoms in total. The van der Waals surface area contributed by atoms with Crippen molar-refractivity contribution >= 4 is 17.8 Å². The molecule has 0 aromatic heterocycles. The van der Waals surface area contributed by atoms with Crippen molar-refractivity contribution in [2.24, 2.45) is 0 Å². The van der Waals surface area contributed by atoms with Gasteiger partial charge < -0.3 is 14.5 Å². The second kappa shape index (κ2) is 5.42. The molecule has 2 saturated heterocycles. The molecular formula is C13H18N2O4. The first-order valence-electron chi connectivity index (χ1n) is 6.38. The molecule has 6 heteroatoms. The third-order valence-corrected chi connectivity index (χ3v) is 3.62. The molecule has 2 amide bonds. The van der Waals surface area contributed by atoms with Crippen molar-refractivity contribution < 1.29 is 19.1 Å².